The van der Waals surface area contributed by atoms with Gasteiger partial charge in [-0.3, -0.25) is 0 Å². The van der Waals surface area contributed by atoms with Crippen molar-refractivity contribution in [2.45, 2.75) is 17.9 Å². The lowest BCUT2D eigenvalue weighted by molar-refractivity contribution is 0.0551. The van der Waals surface area contributed by atoms with E-state index in [0.717, 1.165) is 10.6 Å². The van der Waals surface area contributed by atoms with Gasteiger partial charge in [-0.25, -0.2) is 0 Å². The zero-order chi connectivity index (χ0) is 12.7. The molecule has 0 radical (unpaired) electrons. The summed E-state index contributed by atoms with van der Waals surface area (Å²) < 4.78 is 10.3. The summed E-state index contributed by atoms with van der Waals surface area (Å²) in [6, 6.07) is 5.49. The highest BCUT2D eigenvalue weighted by atomic mass is 32.2. The van der Waals surface area contributed by atoms with Crippen molar-refractivity contribution >= 4 is 17.4 Å². The van der Waals surface area contributed by atoms with Crippen molar-refractivity contribution in [2.24, 2.45) is 0 Å². The van der Waals surface area contributed by atoms with E-state index in [2.05, 4.69) is 0 Å². The Hall–Kier alpha value is -0.910. The van der Waals surface area contributed by atoms with Crippen LogP contribution in [0, 0.1) is 0 Å². The Morgan fingerprint density at radius 2 is 2.24 bits per heavy atom. The van der Waals surface area contributed by atoms with Crippen LogP contribution in [-0.2, 0) is 4.74 Å². The van der Waals surface area contributed by atoms with E-state index in [1.165, 1.54) is 11.8 Å². The molecule has 3 N–H and O–H groups in total. The molecule has 1 aromatic rings. The van der Waals surface area contributed by atoms with Gasteiger partial charge in [-0.2, -0.15) is 0 Å². The van der Waals surface area contributed by atoms with E-state index in [1.54, 1.807) is 13.2 Å². The third-order valence-electron chi connectivity index (χ3n) is 2.17. The molecular weight excluding hydrogens is 238 g/mol. The Labute approximate surface area is 106 Å². The molecule has 0 heterocycles. The van der Waals surface area contributed by atoms with Gasteiger partial charge in [-0.15, -0.1) is 11.8 Å². The van der Waals surface area contributed by atoms with Crippen LogP contribution in [0.15, 0.2) is 23.1 Å². The average Bonchev–Trinajstić information content (AvgIpc) is 2.35. The molecule has 17 heavy (non-hydrogen) atoms. The fraction of sp³-hybridized carbons (Fsp3) is 0.500. The second kappa shape index (κ2) is 7.42. The van der Waals surface area contributed by atoms with Crippen molar-refractivity contribution in [3.8, 4) is 5.75 Å². The normalized spacial score (nSPS) is 12.4. The highest BCUT2D eigenvalue weighted by Crippen LogP contribution is 2.29. The number of hydrogen-bond acceptors (Lipinski definition) is 5. The second-order valence-electron chi connectivity index (χ2n) is 3.53. The average molecular weight is 257 g/mol. The zero-order valence-corrected chi connectivity index (χ0v) is 11.0. The molecule has 1 rings (SSSR count). The molecule has 4 nitrogen and oxygen atoms in total. The molecule has 0 saturated heterocycles. The molecule has 1 aromatic carbocycles. The van der Waals surface area contributed by atoms with Crippen LogP contribution in [0.2, 0.25) is 0 Å². The quantitative estimate of drug-likeness (QED) is 0.575. The maximum Gasteiger partial charge on any atom is 0.120 e. The van der Waals surface area contributed by atoms with E-state index < -0.39 is 6.10 Å². The fourth-order valence-electron chi connectivity index (χ4n) is 1.25. The van der Waals surface area contributed by atoms with Gasteiger partial charge in [0.2, 0.25) is 0 Å². The summed E-state index contributed by atoms with van der Waals surface area (Å²) in [4.78, 5) is 0.917. The van der Waals surface area contributed by atoms with Crippen LogP contribution in [0.25, 0.3) is 0 Å². The van der Waals surface area contributed by atoms with Crippen LogP contribution in [0.5, 0.6) is 5.75 Å². The van der Waals surface area contributed by atoms with Crippen LogP contribution in [0.1, 0.15) is 6.92 Å². The zero-order valence-electron chi connectivity index (χ0n) is 10.2. The van der Waals surface area contributed by atoms with E-state index in [1.807, 2.05) is 19.1 Å². The Morgan fingerprint density at radius 3 is 2.88 bits per heavy atom. The fourth-order valence-corrected chi connectivity index (χ4v) is 2.16. The van der Waals surface area contributed by atoms with Crippen molar-refractivity contribution < 1.29 is 14.6 Å². The first kappa shape index (κ1) is 14.2. The largest absolute Gasteiger partial charge is 0.497 e. The Bertz CT molecular complexity index is 347. The molecule has 0 spiro atoms. The predicted molar refractivity (Wildman–Crippen MR) is 70.6 cm³/mol. The highest BCUT2D eigenvalue weighted by Gasteiger charge is 2.08. The third kappa shape index (κ3) is 4.85. The minimum absolute atomic E-state index is 0.355. The second-order valence-corrected chi connectivity index (χ2v) is 4.59. The third-order valence-corrected chi connectivity index (χ3v) is 3.38. The van der Waals surface area contributed by atoms with Crippen LogP contribution in [0.4, 0.5) is 5.69 Å². The lowest BCUT2D eigenvalue weighted by Crippen LogP contribution is -2.17. The minimum atomic E-state index is -0.481. The summed E-state index contributed by atoms with van der Waals surface area (Å²) in [7, 11) is 1.61. The maximum atomic E-state index is 9.64. The number of aliphatic hydroxyl groups excluding tert-OH is 1. The Kier molecular flexibility index (Phi) is 6.18. The summed E-state index contributed by atoms with van der Waals surface area (Å²) in [5, 5.41) is 9.64. The number of methoxy groups -OCH3 is 1. The molecule has 0 aliphatic heterocycles. The highest BCUT2D eigenvalue weighted by molar-refractivity contribution is 7.99. The van der Waals surface area contributed by atoms with Gasteiger partial charge in [0.05, 0.1) is 19.8 Å². The number of aliphatic hydroxyl groups is 1. The number of nitrogens with two attached hydrogens (primary N) is 1. The Morgan fingerprint density at radius 1 is 1.47 bits per heavy atom. The first-order valence-corrected chi connectivity index (χ1v) is 6.48. The molecular formula is C12H19NO3S. The summed E-state index contributed by atoms with van der Waals surface area (Å²) in [5.41, 5.74) is 6.54. The standard InChI is InChI=1S/C12H19NO3S/c1-3-16-7-9(14)8-17-12-6-10(15-2)4-5-11(12)13/h4-6,9,14H,3,7-8,13H2,1-2H3. The van der Waals surface area contributed by atoms with Crippen LogP contribution >= 0.6 is 11.8 Å². The van der Waals surface area contributed by atoms with E-state index in [0.29, 0.717) is 24.7 Å². The minimum Gasteiger partial charge on any atom is -0.497 e. The molecule has 0 bridgehead atoms. The molecule has 96 valence electrons. The van der Waals surface area contributed by atoms with Gasteiger partial charge in [-0.1, -0.05) is 0 Å². The number of benzene rings is 1. The molecule has 1 atom stereocenters. The van der Waals surface area contributed by atoms with Gasteiger partial charge >= 0.3 is 0 Å². The van der Waals surface area contributed by atoms with Gasteiger partial charge in [0.15, 0.2) is 0 Å². The van der Waals surface area contributed by atoms with E-state index in [4.69, 9.17) is 15.2 Å². The van der Waals surface area contributed by atoms with Crippen LogP contribution in [-0.4, -0.2) is 37.3 Å². The van der Waals surface area contributed by atoms with E-state index in [-0.39, 0.29) is 0 Å². The predicted octanol–water partition coefficient (Wildman–Crippen LogP) is 1.77. The van der Waals surface area contributed by atoms with Crippen molar-refractivity contribution in [2.75, 3.05) is 31.8 Å². The molecule has 0 aliphatic carbocycles. The smallest absolute Gasteiger partial charge is 0.120 e. The van der Waals surface area contributed by atoms with Crippen molar-refractivity contribution in [1.29, 1.82) is 0 Å². The van der Waals surface area contributed by atoms with Gasteiger partial charge in [0, 0.05) is 22.9 Å². The molecule has 0 amide bonds. The number of ether oxygens (including phenoxy) is 2. The summed E-state index contributed by atoms with van der Waals surface area (Å²) in [5.74, 6) is 1.32. The first-order valence-electron chi connectivity index (χ1n) is 5.49. The lowest BCUT2D eigenvalue weighted by atomic mass is 10.3. The summed E-state index contributed by atoms with van der Waals surface area (Å²) in [6.45, 7) is 2.87. The molecule has 0 saturated carbocycles. The Balaban J connectivity index is 2.50. The summed E-state index contributed by atoms with van der Waals surface area (Å²) >= 11 is 1.50. The first-order chi connectivity index (χ1) is 8.17. The molecule has 0 aliphatic rings. The van der Waals surface area contributed by atoms with Gasteiger partial charge in [-0.05, 0) is 25.1 Å². The molecule has 1 unspecified atom stereocenters. The van der Waals surface area contributed by atoms with Crippen LogP contribution in [0.3, 0.4) is 0 Å². The van der Waals surface area contributed by atoms with Gasteiger partial charge in [0.25, 0.3) is 0 Å². The lowest BCUT2D eigenvalue weighted by Gasteiger charge is -2.12. The van der Waals surface area contributed by atoms with Gasteiger partial charge < -0.3 is 20.3 Å². The monoisotopic (exact) mass is 257 g/mol. The molecule has 0 aromatic heterocycles. The van der Waals surface area contributed by atoms with Crippen molar-refractivity contribution in [1.82, 2.24) is 0 Å². The molecule has 0 fully saturated rings. The number of hydrogen-bond donors (Lipinski definition) is 2. The van der Waals surface area contributed by atoms with E-state index in [9.17, 15) is 5.11 Å². The topological polar surface area (TPSA) is 64.7 Å². The number of rotatable bonds is 7. The van der Waals surface area contributed by atoms with Crippen molar-refractivity contribution in [3.05, 3.63) is 18.2 Å². The van der Waals surface area contributed by atoms with Crippen LogP contribution < -0.4 is 10.5 Å². The van der Waals surface area contributed by atoms with E-state index >= 15 is 0 Å². The SMILES string of the molecule is CCOCC(O)CSc1cc(OC)ccc1N. The van der Waals surface area contributed by atoms with Gasteiger partial charge in [0.1, 0.15) is 5.75 Å². The number of nitrogen functional groups attached to an aromatic ring is 1. The number of anilines is 1. The summed E-state index contributed by atoms with van der Waals surface area (Å²) in [6.07, 6.45) is -0.481. The maximum absolute atomic E-state index is 9.64. The van der Waals surface area contributed by atoms with Crippen molar-refractivity contribution in [3.63, 3.8) is 0 Å². The molecule has 5 heteroatoms. The number of thioether (sulfide) groups is 1.